The van der Waals surface area contributed by atoms with Crippen molar-refractivity contribution in [2.24, 2.45) is 0 Å². The van der Waals surface area contributed by atoms with Gasteiger partial charge < -0.3 is 10.6 Å². The lowest BCUT2D eigenvalue weighted by Gasteiger charge is -2.31. The lowest BCUT2D eigenvalue weighted by atomic mass is 9.72. The number of carbonyl (C=O) groups excluding carboxylic acids is 2. The zero-order valence-corrected chi connectivity index (χ0v) is 14.2. The number of carbonyl (C=O) groups is 2. The zero-order chi connectivity index (χ0) is 17.9. The summed E-state index contributed by atoms with van der Waals surface area (Å²) in [6.45, 7) is 0. The maximum Gasteiger partial charge on any atom is 0.240 e. The minimum absolute atomic E-state index is 0.0136. The van der Waals surface area contributed by atoms with Gasteiger partial charge in [-0.3, -0.25) is 9.59 Å². The molecule has 1 unspecified atom stereocenters. The molecule has 0 fully saturated rings. The van der Waals surface area contributed by atoms with Crippen molar-refractivity contribution in [2.45, 2.75) is 11.8 Å². The Hall–Kier alpha value is -3.12. The van der Waals surface area contributed by atoms with Crippen LogP contribution in [0.25, 0.3) is 5.69 Å². The van der Waals surface area contributed by atoms with Gasteiger partial charge in [-0.1, -0.05) is 41.9 Å². The Bertz CT molecular complexity index is 1080. The van der Waals surface area contributed by atoms with E-state index in [0.29, 0.717) is 27.7 Å². The van der Waals surface area contributed by atoms with Gasteiger partial charge in [0.2, 0.25) is 11.8 Å². The van der Waals surface area contributed by atoms with Crippen LogP contribution in [0.2, 0.25) is 5.02 Å². The third-order valence-corrected chi connectivity index (χ3v) is 5.33. The second-order valence-corrected chi connectivity index (χ2v) is 6.81. The second-order valence-electron chi connectivity index (χ2n) is 6.40. The van der Waals surface area contributed by atoms with E-state index in [4.69, 9.17) is 11.6 Å². The van der Waals surface area contributed by atoms with Gasteiger partial charge in [0.05, 0.1) is 22.6 Å². The lowest BCUT2D eigenvalue weighted by Crippen LogP contribution is -2.43. The second kappa shape index (κ2) is 5.19. The summed E-state index contributed by atoms with van der Waals surface area (Å²) in [5.41, 5.74) is 1.62. The molecule has 1 aromatic heterocycles. The van der Waals surface area contributed by atoms with Crippen molar-refractivity contribution in [1.82, 2.24) is 9.78 Å². The highest BCUT2D eigenvalue weighted by Gasteiger charge is 2.54. The van der Waals surface area contributed by atoms with Crippen molar-refractivity contribution in [3.63, 3.8) is 0 Å². The first-order chi connectivity index (χ1) is 12.6. The largest absolute Gasteiger partial charge is 0.323 e. The van der Waals surface area contributed by atoms with Gasteiger partial charge in [-0.2, -0.15) is 5.10 Å². The molecule has 26 heavy (non-hydrogen) atoms. The topological polar surface area (TPSA) is 76.0 Å². The third-order valence-electron chi connectivity index (χ3n) is 5.01. The molecule has 2 amide bonds. The molecular weight excluding hydrogens is 352 g/mol. The summed E-state index contributed by atoms with van der Waals surface area (Å²) in [5.74, 6) is 0.0119. The van der Waals surface area contributed by atoms with Crippen LogP contribution in [0, 0.1) is 0 Å². The van der Waals surface area contributed by atoms with Crippen LogP contribution in [0.3, 0.4) is 0 Å². The number of rotatable bonds is 1. The number of amides is 2. The first kappa shape index (κ1) is 15.2. The van der Waals surface area contributed by atoms with Gasteiger partial charge >= 0.3 is 0 Å². The van der Waals surface area contributed by atoms with Gasteiger partial charge in [0, 0.05) is 12.0 Å². The maximum absolute atomic E-state index is 13.0. The highest BCUT2D eigenvalue weighted by Crippen LogP contribution is 2.51. The molecular formula is C19H13ClN4O2. The Labute approximate surface area is 153 Å². The summed E-state index contributed by atoms with van der Waals surface area (Å²) >= 11 is 6.27. The van der Waals surface area contributed by atoms with Crippen molar-refractivity contribution >= 4 is 34.9 Å². The van der Waals surface area contributed by atoms with Crippen molar-refractivity contribution in [2.75, 3.05) is 10.6 Å². The van der Waals surface area contributed by atoms with Gasteiger partial charge in [0.15, 0.2) is 0 Å². The fraction of sp³-hybridized carbons (Fsp3) is 0.105. The summed E-state index contributed by atoms with van der Waals surface area (Å²) in [4.78, 5) is 25.6. The molecule has 128 valence electrons. The number of nitrogens with one attached hydrogen (secondary N) is 2. The van der Waals surface area contributed by atoms with Gasteiger partial charge in [0.1, 0.15) is 11.2 Å². The molecule has 2 aliphatic heterocycles. The van der Waals surface area contributed by atoms with Gasteiger partial charge in [-0.05, 0) is 23.8 Å². The molecule has 1 spiro atoms. The Kier molecular flexibility index (Phi) is 3.02. The molecule has 0 bridgehead atoms. The van der Waals surface area contributed by atoms with Crippen LogP contribution in [-0.2, 0) is 15.0 Å². The standard InChI is InChI=1S/C19H13ClN4O2/c20-14-8-4-7-12-16(14)23-18(26)19(12)9-15(25)22-17-13(19)10-21-24(17)11-5-2-1-3-6-11/h1-8,10H,9H2,(H,22,25)(H,23,26). The summed E-state index contributed by atoms with van der Waals surface area (Å²) in [5, 5.41) is 10.6. The van der Waals surface area contributed by atoms with Crippen LogP contribution in [0.5, 0.6) is 0 Å². The average molecular weight is 365 g/mol. The molecule has 6 nitrogen and oxygen atoms in total. The molecule has 3 aromatic rings. The summed E-state index contributed by atoms with van der Waals surface area (Å²) in [7, 11) is 0. The number of hydrogen-bond donors (Lipinski definition) is 2. The molecule has 2 aromatic carbocycles. The van der Waals surface area contributed by atoms with E-state index in [1.54, 1.807) is 23.0 Å². The van der Waals surface area contributed by atoms with Crippen LogP contribution in [0.4, 0.5) is 11.5 Å². The Morgan fingerprint density at radius 2 is 1.81 bits per heavy atom. The van der Waals surface area contributed by atoms with Gasteiger partial charge in [0.25, 0.3) is 0 Å². The predicted octanol–water partition coefficient (Wildman–Crippen LogP) is 3.11. The van der Waals surface area contributed by atoms with Crippen LogP contribution >= 0.6 is 11.6 Å². The number of halogens is 1. The van der Waals surface area contributed by atoms with Gasteiger partial charge in [-0.15, -0.1) is 0 Å². The first-order valence-corrected chi connectivity index (χ1v) is 8.53. The van der Waals surface area contributed by atoms with Crippen LogP contribution in [0.15, 0.2) is 54.7 Å². The number of para-hydroxylation sites is 2. The third kappa shape index (κ3) is 1.84. The number of hydrogen-bond acceptors (Lipinski definition) is 3. The quantitative estimate of drug-likeness (QED) is 0.696. The summed E-state index contributed by atoms with van der Waals surface area (Å²) in [6.07, 6.45) is 1.66. The summed E-state index contributed by atoms with van der Waals surface area (Å²) in [6, 6.07) is 14.8. The highest BCUT2D eigenvalue weighted by molar-refractivity contribution is 6.35. The van der Waals surface area contributed by atoms with E-state index in [2.05, 4.69) is 15.7 Å². The van der Waals surface area contributed by atoms with Crippen LogP contribution in [-0.4, -0.2) is 21.6 Å². The first-order valence-electron chi connectivity index (χ1n) is 8.15. The van der Waals surface area contributed by atoms with Crippen molar-refractivity contribution in [3.05, 3.63) is 70.9 Å². The summed E-state index contributed by atoms with van der Waals surface area (Å²) < 4.78 is 1.64. The molecule has 2 N–H and O–H groups in total. The van der Waals surface area contributed by atoms with E-state index in [1.807, 2.05) is 36.4 Å². The smallest absolute Gasteiger partial charge is 0.240 e. The minimum atomic E-state index is -1.12. The molecule has 0 aliphatic carbocycles. The Balaban J connectivity index is 1.79. The fourth-order valence-corrected chi connectivity index (χ4v) is 4.07. The van der Waals surface area contributed by atoms with E-state index in [0.717, 1.165) is 5.69 Å². The van der Waals surface area contributed by atoms with Crippen molar-refractivity contribution < 1.29 is 9.59 Å². The maximum atomic E-state index is 13.0. The average Bonchev–Trinajstić information content (AvgIpc) is 3.18. The molecule has 3 heterocycles. The minimum Gasteiger partial charge on any atom is -0.323 e. The van der Waals surface area contributed by atoms with Crippen LogP contribution in [0.1, 0.15) is 17.5 Å². The molecule has 0 radical (unpaired) electrons. The van der Waals surface area contributed by atoms with E-state index in [-0.39, 0.29) is 18.2 Å². The number of benzene rings is 2. The predicted molar refractivity (Wildman–Crippen MR) is 97.7 cm³/mol. The normalized spacial score (nSPS) is 20.5. The molecule has 0 saturated carbocycles. The SMILES string of the molecule is O=C1CC2(C(=O)Nc3c(Cl)cccc32)c2cnn(-c3ccccc3)c2N1. The zero-order valence-electron chi connectivity index (χ0n) is 13.5. The van der Waals surface area contributed by atoms with Gasteiger partial charge in [-0.25, -0.2) is 4.68 Å². The van der Waals surface area contributed by atoms with E-state index >= 15 is 0 Å². The Morgan fingerprint density at radius 3 is 2.62 bits per heavy atom. The highest BCUT2D eigenvalue weighted by atomic mass is 35.5. The molecule has 0 saturated heterocycles. The Morgan fingerprint density at radius 1 is 1.00 bits per heavy atom. The number of aromatic nitrogens is 2. The van der Waals surface area contributed by atoms with E-state index in [1.165, 1.54) is 0 Å². The lowest BCUT2D eigenvalue weighted by molar-refractivity contribution is -0.125. The van der Waals surface area contributed by atoms with Crippen molar-refractivity contribution in [1.29, 1.82) is 0 Å². The molecule has 1 atom stereocenters. The van der Waals surface area contributed by atoms with E-state index < -0.39 is 5.41 Å². The monoisotopic (exact) mass is 364 g/mol. The molecule has 5 rings (SSSR count). The van der Waals surface area contributed by atoms with Crippen molar-refractivity contribution in [3.8, 4) is 5.69 Å². The fourth-order valence-electron chi connectivity index (χ4n) is 3.85. The number of nitrogens with zero attached hydrogens (tertiary/aromatic N) is 2. The number of anilines is 2. The van der Waals surface area contributed by atoms with E-state index in [9.17, 15) is 9.59 Å². The molecule has 2 aliphatic rings. The number of fused-ring (bicyclic) bond motifs is 4. The molecule has 7 heteroatoms. The van der Waals surface area contributed by atoms with Crippen LogP contribution < -0.4 is 10.6 Å².